The summed E-state index contributed by atoms with van der Waals surface area (Å²) in [5, 5.41) is 51.9. The topological polar surface area (TPSA) is 198 Å². The molecule has 1 saturated heterocycles. The number of nitrogens with one attached hydrogen (secondary N) is 1. The minimum absolute atomic E-state index is 0.174. The van der Waals surface area contributed by atoms with Gasteiger partial charge in [0, 0.05) is 12.6 Å². The maximum Gasteiger partial charge on any atom is 0.407 e. The molecule has 2 rings (SSSR count). The number of hydrogen-bond donors (Lipinski definition) is 5. The van der Waals surface area contributed by atoms with Crippen molar-refractivity contribution >= 4 is 17.7 Å². The van der Waals surface area contributed by atoms with E-state index in [0.29, 0.717) is 0 Å². The van der Waals surface area contributed by atoms with Crippen LogP contribution in [0.15, 0.2) is 18.2 Å². The predicted octanol–water partition coefficient (Wildman–Crippen LogP) is -0.939. The smallest absolute Gasteiger partial charge is 0.407 e. The lowest BCUT2D eigenvalue weighted by atomic mass is 9.99. The molecule has 0 spiro atoms. The molecule has 1 aromatic rings. The van der Waals surface area contributed by atoms with Gasteiger partial charge in [-0.1, -0.05) is 6.07 Å². The summed E-state index contributed by atoms with van der Waals surface area (Å²) < 4.78 is 26.9. The molecule has 0 radical (unpaired) electrons. The van der Waals surface area contributed by atoms with Crippen LogP contribution in [-0.2, 0) is 20.9 Å². The van der Waals surface area contributed by atoms with Crippen molar-refractivity contribution in [1.29, 1.82) is 0 Å². The van der Waals surface area contributed by atoms with Crippen molar-refractivity contribution in [1.82, 2.24) is 5.32 Å². The zero-order chi connectivity index (χ0) is 22.4. The number of carbonyl (C=O) groups excluding carboxylic acids is 1. The number of aliphatic hydroxyl groups is 3. The van der Waals surface area contributed by atoms with Crippen LogP contribution in [-0.4, -0.2) is 81.3 Å². The van der Waals surface area contributed by atoms with Gasteiger partial charge in [0.05, 0.1) is 4.92 Å². The van der Waals surface area contributed by atoms with E-state index in [9.17, 15) is 39.4 Å². The number of aliphatic hydroxyl groups excluding tert-OH is 3. The Bertz CT molecular complexity index is 792. The van der Waals surface area contributed by atoms with Gasteiger partial charge in [0.25, 0.3) is 0 Å². The van der Waals surface area contributed by atoms with E-state index in [0.717, 1.165) is 12.1 Å². The molecule has 5 atom stereocenters. The van der Waals surface area contributed by atoms with Gasteiger partial charge in [-0.3, -0.25) is 10.1 Å². The number of aliphatic carboxylic acids is 1. The molecule has 0 saturated carbocycles. The highest BCUT2D eigenvalue weighted by molar-refractivity contribution is 5.73. The van der Waals surface area contributed by atoms with E-state index in [1.165, 1.54) is 6.07 Å². The van der Waals surface area contributed by atoms with Crippen molar-refractivity contribution in [2.24, 2.45) is 0 Å². The van der Waals surface area contributed by atoms with Crippen LogP contribution in [0.2, 0.25) is 0 Å². The number of nitro benzene ring substituents is 1. The monoisotopic (exact) mass is 433 g/mol. The molecule has 30 heavy (non-hydrogen) atoms. The van der Waals surface area contributed by atoms with E-state index in [1.807, 2.05) is 0 Å². The molecule has 1 aliphatic rings. The van der Waals surface area contributed by atoms with Crippen LogP contribution < -0.4 is 10.1 Å². The van der Waals surface area contributed by atoms with E-state index >= 15 is 0 Å². The Hall–Kier alpha value is -3.07. The average Bonchev–Trinajstić information content (AvgIpc) is 2.71. The summed E-state index contributed by atoms with van der Waals surface area (Å²) in [5.41, 5.74) is -0.461. The van der Waals surface area contributed by atoms with E-state index in [1.54, 1.807) is 0 Å². The number of nitro groups is 1. The first-order chi connectivity index (χ1) is 14.1. The van der Waals surface area contributed by atoms with Gasteiger partial charge >= 0.3 is 17.7 Å². The molecule has 0 bridgehead atoms. The Labute approximate surface area is 167 Å². The van der Waals surface area contributed by atoms with E-state index in [-0.39, 0.29) is 18.7 Å². The summed E-state index contributed by atoms with van der Waals surface area (Å²) in [5.74, 6) is -2.09. The molecule has 5 N–H and O–H groups in total. The molecule has 0 aromatic heterocycles. The van der Waals surface area contributed by atoms with E-state index < -0.39 is 65.8 Å². The molecule has 14 heteroatoms. The second kappa shape index (κ2) is 10.1. The Morgan fingerprint density at radius 3 is 2.53 bits per heavy atom. The largest absolute Gasteiger partial charge is 0.479 e. The van der Waals surface area contributed by atoms with Crippen molar-refractivity contribution in [2.45, 2.75) is 37.3 Å². The molecule has 1 fully saturated rings. The number of nitrogens with zero attached hydrogens (tertiary/aromatic N) is 1. The summed E-state index contributed by atoms with van der Waals surface area (Å²) in [6, 6.07) is 3.35. The van der Waals surface area contributed by atoms with Crippen LogP contribution in [0.25, 0.3) is 0 Å². The number of rotatable bonds is 8. The van der Waals surface area contributed by atoms with Crippen LogP contribution in [0.5, 0.6) is 5.75 Å². The molecule has 1 amide bonds. The van der Waals surface area contributed by atoms with Crippen LogP contribution in [0.1, 0.15) is 5.56 Å². The first kappa shape index (κ1) is 23.2. The fourth-order valence-corrected chi connectivity index (χ4v) is 2.52. The highest BCUT2D eigenvalue weighted by Gasteiger charge is 2.48. The Kier molecular flexibility index (Phi) is 7.82. The van der Waals surface area contributed by atoms with E-state index in [4.69, 9.17) is 19.3 Å². The van der Waals surface area contributed by atoms with Gasteiger partial charge in [-0.15, -0.1) is 0 Å². The Morgan fingerprint density at radius 2 is 1.93 bits per heavy atom. The number of halogens is 1. The van der Waals surface area contributed by atoms with Crippen molar-refractivity contribution in [3.63, 3.8) is 0 Å². The Morgan fingerprint density at radius 1 is 1.23 bits per heavy atom. The molecule has 0 aliphatic carbocycles. The van der Waals surface area contributed by atoms with Crippen LogP contribution >= 0.6 is 0 Å². The maximum absolute atomic E-state index is 12.0. The van der Waals surface area contributed by atoms with Gasteiger partial charge in [0.1, 0.15) is 31.6 Å². The average molecular weight is 433 g/mol. The van der Waals surface area contributed by atoms with Gasteiger partial charge in [0.2, 0.25) is 6.29 Å². The lowest BCUT2D eigenvalue weighted by molar-refractivity contribution is -0.387. The summed E-state index contributed by atoms with van der Waals surface area (Å²) >= 11 is 0. The highest BCUT2D eigenvalue weighted by Crippen LogP contribution is 2.32. The molecule has 166 valence electrons. The normalized spacial score (nSPS) is 25.9. The summed E-state index contributed by atoms with van der Waals surface area (Å²) in [6.45, 7) is -1.43. The van der Waals surface area contributed by atoms with Gasteiger partial charge < -0.3 is 40.0 Å². The first-order valence-electron chi connectivity index (χ1n) is 8.48. The number of alkyl halides is 1. The molecule has 13 nitrogen and oxygen atoms in total. The molecular formula is C16H19FN2O11. The number of alkyl carbamates (subject to hydrolysis) is 1. The quantitative estimate of drug-likeness (QED) is 0.250. The van der Waals surface area contributed by atoms with Crippen LogP contribution in [0.4, 0.5) is 14.9 Å². The molecule has 0 unspecified atom stereocenters. The fraction of sp³-hybridized carbons (Fsp3) is 0.500. The minimum atomic E-state index is -1.95. The third kappa shape index (κ3) is 5.50. The number of carboxylic acid groups (broad SMARTS) is 1. The van der Waals surface area contributed by atoms with Crippen molar-refractivity contribution in [3.8, 4) is 5.75 Å². The van der Waals surface area contributed by atoms with Crippen molar-refractivity contribution < 1.29 is 53.5 Å². The fourth-order valence-electron chi connectivity index (χ4n) is 2.52. The predicted molar refractivity (Wildman–Crippen MR) is 92.2 cm³/mol. The van der Waals surface area contributed by atoms with E-state index in [2.05, 4.69) is 5.32 Å². The summed E-state index contributed by atoms with van der Waals surface area (Å²) in [6.07, 6.45) is -10.5. The van der Waals surface area contributed by atoms with Crippen LogP contribution in [0, 0.1) is 10.1 Å². The van der Waals surface area contributed by atoms with Gasteiger partial charge in [0.15, 0.2) is 11.9 Å². The first-order valence-corrected chi connectivity index (χ1v) is 8.48. The van der Waals surface area contributed by atoms with Gasteiger partial charge in [-0.25, -0.2) is 14.0 Å². The minimum Gasteiger partial charge on any atom is -0.479 e. The molecule has 1 heterocycles. The third-order valence-corrected chi connectivity index (χ3v) is 4.01. The van der Waals surface area contributed by atoms with Crippen molar-refractivity contribution in [2.75, 3.05) is 13.2 Å². The highest BCUT2D eigenvalue weighted by atomic mass is 18.2. The number of carboxylic acids is 1. The summed E-state index contributed by atoms with van der Waals surface area (Å²) in [7, 11) is 0. The zero-order valence-corrected chi connectivity index (χ0v) is 15.2. The van der Waals surface area contributed by atoms with Crippen LogP contribution in [0.3, 0.4) is 0 Å². The lowest BCUT2D eigenvalue weighted by Crippen LogP contribution is -2.61. The van der Waals surface area contributed by atoms with Gasteiger partial charge in [-0.2, -0.15) is 0 Å². The summed E-state index contributed by atoms with van der Waals surface area (Å²) in [4.78, 5) is 32.9. The van der Waals surface area contributed by atoms with Crippen molar-refractivity contribution in [3.05, 3.63) is 33.9 Å². The maximum atomic E-state index is 12.0. The number of amides is 1. The standard InChI is InChI=1S/C16H19FN2O11/c17-3-4-18-16(25)28-6-7-1-2-9(8(5-7)19(26)27)29-15-12(22)10(20)11(21)13(30-15)14(23)24/h1-2,5,10-13,15,20-22H,3-4,6H2,(H,18,25)(H,23,24)/t10-,11-,12+,13-,15+/m0/s1/i17-1. The van der Waals surface area contributed by atoms with Gasteiger partial charge in [-0.05, 0) is 11.6 Å². The lowest BCUT2D eigenvalue weighted by Gasteiger charge is -2.38. The number of hydrogen-bond acceptors (Lipinski definition) is 10. The second-order valence-corrected chi connectivity index (χ2v) is 6.10. The molecular weight excluding hydrogens is 414 g/mol. The molecule has 1 aliphatic heterocycles. The zero-order valence-electron chi connectivity index (χ0n) is 15.2. The SMILES string of the molecule is O=C(NCC[18F])OCc1ccc(O[C@@H]2O[C@H](C(=O)O)[C@@H](O)[C@H](O)[C@H]2O)c([N+](=O)[O-])c1. The second-order valence-electron chi connectivity index (χ2n) is 6.10. The molecule has 1 aromatic carbocycles. The third-order valence-electron chi connectivity index (χ3n) is 4.01. The Balaban J connectivity index is 2.15. The number of benzene rings is 1. The number of ether oxygens (including phenoxy) is 3. The number of carbonyl (C=O) groups is 2.